The molecule has 1 saturated heterocycles. The highest BCUT2D eigenvalue weighted by Crippen LogP contribution is 2.23. The summed E-state index contributed by atoms with van der Waals surface area (Å²) in [6.45, 7) is 4.21. The van der Waals surface area contributed by atoms with Crippen molar-refractivity contribution in [3.8, 4) is 17.6 Å². The molecule has 0 aromatic heterocycles. The molecule has 0 radical (unpaired) electrons. The van der Waals surface area contributed by atoms with Gasteiger partial charge in [0.05, 0.1) is 7.11 Å². The van der Waals surface area contributed by atoms with Crippen molar-refractivity contribution in [3.05, 3.63) is 29.3 Å². The Kier molecular flexibility index (Phi) is 4.84. The van der Waals surface area contributed by atoms with Crippen LogP contribution in [0.15, 0.2) is 18.2 Å². The summed E-state index contributed by atoms with van der Waals surface area (Å²) >= 11 is 0. The predicted molar refractivity (Wildman–Crippen MR) is 76.1 cm³/mol. The van der Waals surface area contributed by atoms with Crippen LogP contribution in [-0.4, -0.2) is 36.3 Å². The van der Waals surface area contributed by atoms with Gasteiger partial charge in [0.2, 0.25) is 0 Å². The Morgan fingerprint density at radius 2 is 2.32 bits per heavy atom. The Bertz CT molecular complexity index is 487. The van der Waals surface area contributed by atoms with Crippen molar-refractivity contribution in [2.45, 2.75) is 32.4 Å². The molecule has 0 amide bonds. The molecule has 1 heterocycles. The summed E-state index contributed by atoms with van der Waals surface area (Å²) in [7, 11) is 1.68. The summed E-state index contributed by atoms with van der Waals surface area (Å²) in [5, 5.41) is 8.84. The SMILES string of the molecule is COc1ccc(C#CCO)c(CN2CCCC2C)c1. The van der Waals surface area contributed by atoms with Gasteiger partial charge in [-0.05, 0) is 50.1 Å². The first-order valence-corrected chi connectivity index (χ1v) is 6.75. The van der Waals surface area contributed by atoms with Crippen LogP contribution < -0.4 is 4.74 Å². The fourth-order valence-electron chi connectivity index (χ4n) is 2.53. The van der Waals surface area contributed by atoms with E-state index < -0.39 is 0 Å². The van der Waals surface area contributed by atoms with E-state index in [1.165, 1.54) is 18.4 Å². The van der Waals surface area contributed by atoms with Gasteiger partial charge in [0.15, 0.2) is 0 Å². The Hall–Kier alpha value is -1.50. The second kappa shape index (κ2) is 6.60. The summed E-state index contributed by atoms with van der Waals surface area (Å²) < 4.78 is 5.29. The molecule has 3 heteroatoms. The fourth-order valence-corrected chi connectivity index (χ4v) is 2.53. The molecule has 1 fully saturated rings. The zero-order valence-electron chi connectivity index (χ0n) is 11.6. The third-order valence-corrected chi connectivity index (χ3v) is 3.68. The standard InChI is InChI=1S/C16H21NO2/c1-13-5-3-9-17(13)12-15-11-16(19-2)8-7-14(15)6-4-10-18/h7-8,11,13,18H,3,5,9-10,12H2,1-2H3. The molecule has 1 atom stereocenters. The molecular weight excluding hydrogens is 238 g/mol. The largest absolute Gasteiger partial charge is 0.497 e. The van der Waals surface area contributed by atoms with Crippen molar-refractivity contribution in [1.82, 2.24) is 4.90 Å². The van der Waals surface area contributed by atoms with Gasteiger partial charge in [-0.25, -0.2) is 0 Å². The fraction of sp³-hybridized carbons (Fsp3) is 0.500. The molecule has 3 nitrogen and oxygen atoms in total. The van der Waals surface area contributed by atoms with Crippen LogP contribution in [0.2, 0.25) is 0 Å². The number of hydrogen-bond acceptors (Lipinski definition) is 3. The van der Waals surface area contributed by atoms with Gasteiger partial charge >= 0.3 is 0 Å². The highest BCUT2D eigenvalue weighted by molar-refractivity contribution is 5.45. The Morgan fingerprint density at radius 1 is 1.47 bits per heavy atom. The molecule has 2 rings (SSSR count). The van der Waals surface area contributed by atoms with Gasteiger partial charge in [-0.15, -0.1) is 0 Å². The van der Waals surface area contributed by atoms with Crippen LogP contribution in [0, 0.1) is 11.8 Å². The van der Waals surface area contributed by atoms with E-state index in [1.807, 2.05) is 18.2 Å². The van der Waals surface area contributed by atoms with Crippen LogP contribution in [0.1, 0.15) is 30.9 Å². The Morgan fingerprint density at radius 3 is 2.95 bits per heavy atom. The average Bonchev–Trinajstić information content (AvgIpc) is 2.83. The van der Waals surface area contributed by atoms with Crippen molar-refractivity contribution >= 4 is 0 Å². The summed E-state index contributed by atoms with van der Waals surface area (Å²) in [6.07, 6.45) is 2.53. The maximum Gasteiger partial charge on any atom is 0.119 e. The molecular formula is C16H21NO2. The lowest BCUT2D eigenvalue weighted by molar-refractivity contribution is 0.260. The van der Waals surface area contributed by atoms with E-state index in [-0.39, 0.29) is 6.61 Å². The molecule has 1 aliphatic heterocycles. The normalized spacial score (nSPS) is 19.0. The number of likely N-dealkylation sites (tertiary alicyclic amines) is 1. The second-order valence-corrected chi connectivity index (χ2v) is 4.94. The van der Waals surface area contributed by atoms with Crippen LogP contribution in [0.3, 0.4) is 0 Å². The summed E-state index contributed by atoms with van der Waals surface area (Å²) in [5.74, 6) is 6.60. The Balaban J connectivity index is 2.24. The molecule has 0 saturated carbocycles. The third-order valence-electron chi connectivity index (χ3n) is 3.68. The zero-order valence-corrected chi connectivity index (χ0v) is 11.6. The van der Waals surface area contributed by atoms with Crippen LogP contribution in [0.25, 0.3) is 0 Å². The summed E-state index contributed by atoms with van der Waals surface area (Å²) in [6, 6.07) is 6.56. The predicted octanol–water partition coefficient (Wildman–Crippen LogP) is 2.02. The number of benzene rings is 1. The molecule has 102 valence electrons. The number of hydrogen-bond donors (Lipinski definition) is 1. The zero-order chi connectivity index (χ0) is 13.7. The van der Waals surface area contributed by atoms with Gasteiger partial charge in [0, 0.05) is 18.2 Å². The molecule has 1 aromatic rings. The van der Waals surface area contributed by atoms with Gasteiger partial charge in [-0.3, -0.25) is 4.90 Å². The van der Waals surface area contributed by atoms with Gasteiger partial charge in [-0.2, -0.15) is 0 Å². The lowest BCUT2D eigenvalue weighted by Gasteiger charge is -2.22. The molecule has 19 heavy (non-hydrogen) atoms. The first kappa shape index (κ1) is 13.9. The molecule has 0 bridgehead atoms. The number of aliphatic hydroxyl groups excluding tert-OH is 1. The summed E-state index contributed by atoms with van der Waals surface area (Å²) in [5.41, 5.74) is 2.16. The smallest absolute Gasteiger partial charge is 0.119 e. The van der Waals surface area contributed by atoms with Gasteiger partial charge in [0.1, 0.15) is 12.4 Å². The third kappa shape index (κ3) is 3.50. The van der Waals surface area contributed by atoms with E-state index in [0.29, 0.717) is 6.04 Å². The average molecular weight is 259 g/mol. The van der Waals surface area contributed by atoms with E-state index >= 15 is 0 Å². The summed E-state index contributed by atoms with van der Waals surface area (Å²) in [4.78, 5) is 2.47. The van der Waals surface area contributed by atoms with E-state index in [4.69, 9.17) is 9.84 Å². The monoisotopic (exact) mass is 259 g/mol. The first-order chi connectivity index (χ1) is 9.24. The topological polar surface area (TPSA) is 32.7 Å². The maximum absolute atomic E-state index is 8.84. The van der Waals surface area contributed by atoms with Crippen molar-refractivity contribution in [3.63, 3.8) is 0 Å². The lowest BCUT2D eigenvalue weighted by Crippen LogP contribution is -2.26. The van der Waals surface area contributed by atoms with Gasteiger partial charge in [0.25, 0.3) is 0 Å². The van der Waals surface area contributed by atoms with Crippen molar-refractivity contribution in [1.29, 1.82) is 0 Å². The first-order valence-electron chi connectivity index (χ1n) is 6.75. The second-order valence-electron chi connectivity index (χ2n) is 4.94. The lowest BCUT2D eigenvalue weighted by atomic mass is 10.1. The van der Waals surface area contributed by atoms with Crippen molar-refractivity contribution < 1.29 is 9.84 Å². The highest BCUT2D eigenvalue weighted by Gasteiger charge is 2.21. The number of ether oxygens (including phenoxy) is 1. The van der Waals surface area contributed by atoms with Gasteiger partial charge < -0.3 is 9.84 Å². The molecule has 1 N–H and O–H groups in total. The van der Waals surface area contributed by atoms with Crippen LogP contribution in [-0.2, 0) is 6.54 Å². The minimum atomic E-state index is -0.106. The number of nitrogens with zero attached hydrogens (tertiary/aromatic N) is 1. The number of rotatable bonds is 3. The Labute approximate surface area is 115 Å². The van der Waals surface area contributed by atoms with E-state index in [0.717, 1.165) is 24.4 Å². The van der Waals surface area contributed by atoms with E-state index in [9.17, 15) is 0 Å². The molecule has 1 unspecified atom stereocenters. The molecule has 1 aromatic carbocycles. The number of methoxy groups -OCH3 is 1. The van der Waals surface area contributed by atoms with Crippen LogP contribution in [0.4, 0.5) is 0 Å². The molecule has 1 aliphatic rings. The van der Waals surface area contributed by atoms with Gasteiger partial charge in [-0.1, -0.05) is 11.8 Å². The van der Waals surface area contributed by atoms with Crippen LogP contribution in [0.5, 0.6) is 5.75 Å². The van der Waals surface area contributed by atoms with E-state index in [1.54, 1.807) is 7.11 Å². The highest BCUT2D eigenvalue weighted by atomic mass is 16.5. The maximum atomic E-state index is 8.84. The minimum absolute atomic E-state index is 0.106. The number of aliphatic hydroxyl groups is 1. The van der Waals surface area contributed by atoms with Crippen molar-refractivity contribution in [2.24, 2.45) is 0 Å². The molecule has 0 spiro atoms. The van der Waals surface area contributed by atoms with E-state index in [2.05, 4.69) is 23.7 Å². The quantitative estimate of drug-likeness (QED) is 0.843. The van der Waals surface area contributed by atoms with Crippen molar-refractivity contribution in [2.75, 3.05) is 20.3 Å². The molecule has 0 aliphatic carbocycles. The van der Waals surface area contributed by atoms with Crippen LogP contribution >= 0.6 is 0 Å². The minimum Gasteiger partial charge on any atom is -0.497 e.